The van der Waals surface area contributed by atoms with Gasteiger partial charge in [0, 0.05) is 31.7 Å². The molecule has 2 fully saturated rings. The molecule has 3 unspecified atom stereocenters. The first-order valence-electron chi connectivity index (χ1n) is 8.37. The molecule has 2 aliphatic heterocycles. The molecule has 0 amide bonds. The van der Waals surface area contributed by atoms with Crippen molar-refractivity contribution in [3.05, 3.63) is 35.9 Å². The maximum atomic E-state index is 5.83. The highest BCUT2D eigenvalue weighted by molar-refractivity contribution is 5.14. The Morgan fingerprint density at radius 2 is 1.81 bits per heavy atom. The second kappa shape index (κ2) is 6.91. The Hall–Kier alpha value is -0.900. The van der Waals surface area contributed by atoms with E-state index in [2.05, 4.69) is 54.4 Å². The lowest BCUT2D eigenvalue weighted by atomic mass is 9.99. The summed E-state index contributed by atoms with van der Waals surface area (Å²) in [6, 6.07) is 12.1. The van der Waals surface area contributed by atoms with E-state index >= 15 is 0 Å². The van der Waals surface area contributed by atoms with Crippen molar-refractivity contribution in [2.45, 2.75) is 63.9 Å². The van der Waals surface area contributed by atoms with E-state index in [9.17, 15) is 0 Å². The number of nitrogens with one attached hydrogen (secondary N) is 1. The molecule has 1 aromatic rings. The highest BCUT2D eigenvalue weighted by atomic mass is 16.5. The monoisotopic (exact) mass is 288 g/mol. The largest absolute Gasteiger partial charge is 0.375 e. The van der Waals surface area contributed by atoms with Gasteiger partial charge in [-0.15, -0.1) is 0 Å². The van der Waals surface area contributed by atoms with Gasteiger partial charge in [-0.2, -0.15) is 0 Å². The number of rotatable bonds is 4. The minimum Gasteiger partial charge on any atom is -0.375 e. The molecule has 0 spiro atoms. The van der Waals surface area contributed by atoms with Crippen LogP contribution in [-0.2, 0) is 11.3 Å². The maximum Gasteiger partial charge on any atom is 0.0565 e. The van der Waals surface area contributed by atoms with Crippen LogP contribution in [0.4, 0.5) is 0 Å². The van der Waals surface area contributed by atoms with E-state index in [-0.39, 0.29) is 0 Å². The number of hydrogen-bond donors (Lipinski definition) is 1. The van der Waals surface area contributed by atoms with Gasteiger partial charge in [0.2, 0.25) is 0 Å². The molecule has 3 rings (SSSR count). The van der Waals surface area contributed by atoms with E-state index < -0.39 is 0 Å². The summed E-state index contributed by atoms with van der Waals surface area (Å²) in [5, 5.41) is 3.87. The van der Waals surface area contributed by atoms with Gasteiger partial charge in [0.1, 0.15) is 0 Å². The molecule has 2 saturated heterocycles. The predicted octanol–water partition coefficient (Wildman–Crippen LogP) is 2.81. The molecule has 3 heteroatoms. The molecule has 0 aliphatic carbocycles. The summed E-state index contributed by atoms with van der Waals surface area (Å²) in [5.74, 6) is 0. The van der Waals surface area contributed by atoms with Gasteiger partial charge in [0.15, 0.2) is 0 Å². The minimum absolute atomic E-state index is 0.396. The number of ether oxygens (including phenoxy) is 1. The van der Waals surface area contributed by atoms with E-state index in [1.165, 1.54) is 25.1 Å². The SMILES string of the molecule is CC1CC(NC2CCN(Cc3ccccc3)C2)CC(C)O1. The van der Waals surface area contributed by atoms with Gasteiger partial charge in [-0.05, 0) is 38.7 Å². The van der Waals surface area contributed by atoms with E-state index in [0.717, 1.165) is 19.4 Å². The van der Waals surface area contributed by atoms with Crippen molar-refractivity contribution in [3.63, 3.8) is 0 Å². The number of hydrogen-bond acceptors (Lipinski definition) is 3. The topological polar surface area (TPSA) is 24.5 Å². The summed E-state index contributed by atoms with van der Waals surface area (Å²) in [6.45, 7) is 7.86. The van der Waals surface area contributed by atoms with Crippen LogP contribution in [0.15, 0.2) is 30.3 Å². The zero-order chi connectivity index (χ0) is 14.7. The smallest absolute Gasteiger partial charge is 0.0565 e. The van der Waals surface area contributed by atoms with E-state index in [1.54, 1.807) is 0 Å². The van der Waals surface area contributed by atoms with Crippen LogP contribution in [0, 0.1) is 0 Å². The minimum atomic E-state index is 0.396. The molecule has 2 aliphatic rings. The zero-order valence-corrected chi connectivity index (χ0v) is 13.3. The molecule has 0 saturated carbocycles. The van der Waals surface area contributed by atoms with Gasteiger partial charge in [-0.25, -0.2) is 0 Å². The molecule has 2 heterocycles. The standard InChI is InChI=1S/C18H28N2O/c1-14-10-18(11-15(2)21-14)19-17-8-9-20(13-17)12-16-6-4-3-5-7-16/h3-7,14-15,17-19H,8-13H2,1-2H3. The second-order valence-corrected chi connectivity index (χ2v) is 6.80. The summed E-state index contributed by atoms with van der Waals surface area (Å²) in [4.78, 5) is 2.57. The summed E-state index contributed by atoms with van der Waals surface area (Å²) >= 11 is 0. The van der Waals surface area contributed by atoms with Crippen LogP contribution < -0.4 is 5.32 Å². The van der Waals surface area contributed by atoms with Crippen molar-refractivity contribution in [2.24, 2.45) is 0 Å². The predicted molar refractivity (Wildman–Crippen MR) is 86.3 cm³/mol. The molecule has 0 aromatic heterocycles. The molecule has 116 valence electrons. The second-order valence-electron chi connectivity index (χ2n) is 6.80. The van der Waals surface area contributed by atoms with Crippen molar-refractivity contribution in [1.29, 1.82) is 0 Å². The van der Waals surface area contributed by atoms with Crippen LogP contribution in [0.1, 0.15) is 38.7 Å². The van der Waals surface area contributed by atoms with Crippen LogP contribution in [0.25, 0.3) is 0 Å². The molecular weight excluding hydrogens is 260 g/mol. The molecule has 0 bridgehead atoms. The van der Waals surface area contributed by atoms with Crippen LogP contribution in [0.5, 0.6) is 0 Å². The lowest BCUT2D eigenvalue weighted by Gasteiger charge is -2.34. The van der Waals surface area contributed by atoms with Gasteiger partial charge in [-0.3, -0.25) is 4.90 Å². The molecule has 1 aromatic carbocycles. The van der Waals surface area contributed by atoms with Gasteiger partial charge in [0.05, 0.1) is 12.2 Å². The molecule has 0 radical (unpaired) electrons. The lowest BCUT2D eigenvalue weighted by molar-refractivity contribution is -0.0434. The number of likely N-dealkylation sites (tertiary alicyclic amines) is 1. The van der Waals surface area contributed by atoms with Gasteiger partial charge >= 0.3 is 0 Å². The Morgan fingerprint density at radius 1 is 1.10 bits per heavy atom. The van der Waals surface area contributed by atoms with E-state index in [4.69, 9.17) is 4.74 Å². The lowest BCUT2D eigenvalue weighted by Crippen LogP contribution is -2.46. The zero-order valence-electron chi connectivity index (χ0n) is 13.3. The van der Waals surface area contributed by atoms with Gasteiger partial charge < -0.3 is 10.1 Å². The summed E-state index contributed by atoms with van der Waals surface area (Å²) in [6.07, 6.45) is 4.37. The van der Waals surface area contributed by atoms with Crippen LogP contribution >= 0.6 is 0 Å². The van der Waals surface area contributed by atoms with Crippen molar-refractivity contribution < 1.29 is 4.74 Å². The first-order chi connectivity index (χ1) is 10.2. The summed E-state index contributed by atoms with van der Waals surface area (Å²) < 4.78 is 5.83. The fourth-order valence-electron chi connectivity index (χ4n) is 3.83. The third-order valence-electron chi connectivity index (χ3n) is 4.69. The third-order valence-corrected chi connectivity index (χ3v) is 4.69. The molecule has 3 nitrogen and oxygen atoms in total. The van der Waals surface area contributed by atoms with Crippen LogP contribution in [0.2, 0.25) is 0 Å². The quantitative estimate of drug-likeness (QED) is 0.922. The Bertz CT molecular complexity index is 426. The van der Waals surface area contributed by atoms with Crippen LogP contribution in [-0.4, -0.2) is 42.3 Å². The first kappa shape index (κ1) is 15.0. The Labute approximate surface area is 128 Å². The fourth-order valence-corrected chi connectivity index (χ4v) is 3.83. The van der Waals surface area contributed by atoms with E-state index in [0.29, 0.717) is 24.3 Å². The third kappa shape index (κ3) is 4.29. The maximum absolute atomic E-state index is 5.83. The molecule has 21 heavy (non-hydrogen) atoms. The van der Waals surface area contributed by atoms with Crippen molar-refractivity contribution in [2.75, 3.05) is 13.1 Å². The van der Waals surface area contributed by atoms with Crippen molar-refractivity contribution in [1.82, 2.24) is 10.2 Å². The van der Waals surface area contributed by atoms with Gasteiger partial charge in [0.25, 0.3) is 0 Å². The molecule has 1 N–H and O–H groups in total. The van der Waals surface area contributed by atoms with Crippen LogP contribution in [0.3, 0.4) is 0 Å². The fraction of sp³-hybridized carbons (Fsp3) is 0.667. The molecular formula is C18H28N2O. The highest BCUT2D eigenvalue weighted by Gasteiger charge is 2.29. The Kier molecular flexibility index (Phi) is 4.94. The summed E-state index contributed by atoms with van der Waals surface area (Å²) in [5.41, 5.74) is 1.42. The normalized spacial score (nSPS) is 34.2. The van der Waals surface area contributed by atoms with Crippen molar-refractivity contribution in [3.8, 4) is 0 Å². The first-order valence-corrected chi connectivity index (χ1v) is 8.37. The number of nitrogens with zero attached hydrogens (tertiary/aromatic N) is 1. The molecule has 3 atom stereocenters. The Balaban J connectivity index is 1.46. The van der Waals surface area contributed by atoms with E-state index in [1.807, 2.05) is 0 Å². The van der Waals surface area contributed by atoms with Gasteiger partial charge in [-0.1, -0.05) is 30.3 Å². The Morgan fingerprint density at radius 3 is 2.52 bits per heavy atom. The highest BCUT2D eigenvalue weighted by Crippen LogP contribution is 2.21. The average Bonchev–Trinajstić information content (AvgIpc) is 2.86. The average molecular weight is 288 g/mol. The summed E-state index contributed by atoms with van der Waals surface area (Å²) in [7, 11) is 0. The number of benzene rings is 1. The van der Waals surface area contributed by atoms with Crippen molar-refractivity contribution >= 4 is 0 Å².